The summed E-state index contributed by atoms with van der Waals surface area (Å²) in [6.07, 6.45) is 9.66. The zero-order valence-electron chi connectivity index (χ0n) is 18.7. The van der Waals surface area contributed by atoms with Gasteiger partial charge in [-0.2, -0.15) is 10.4 Å². The quantitative estimate of drug-likeness (QED) is 0.482. The molecular formula is C24H26N8O. The van der Waals surface area contributed by atoms with Gasteiger partial charge in [0.05, 0.1) is 23.3 Å². The Bertz CT molecular complexity index is 1370. The van der Waals surface area contributed by atoms with E-state index in [1.807, 2.05) is 41.2 Å². The molecule has 9 heteroatoms. The van der Waals surface area contributed by atoms with E-state index in [2.05, 4.69) is 40.5 Å². The number of rotatable bonds is 5. The molecule has 0 spiro atoms. The number of hydrogen-bond acceptors (Lipinski definition) is 6. The summed E-state index contributed by atoms with van der Waals surface area (Å²) in [5, 5.41) is 26.7. The van der Waals surface area contributed by atoms with Crippen molar-refractivity contribution in [1.82, 2.24) is 29.8 Å². The zero-order valence-corrected chi connectivity index (χ0v) is 18.7. The first-order valence-corrected chi connectivity index (χ1v) is 11.2. The van der Waals surface area contributed by atoms with E-state index in [1.165, 1.54) is 0 Å². The van der Waals surface area contributed by atoms with Crippen molar-refractivity contribution in [2.24, 2.45) is 0 Å². The Kier molecular flexibility index (Phi) is 5.01. The van der Waals surface area contributed by atoms with Crippen LogP contribution in [0.1, 0.15) is 51.5 Å². The topological polar surface area (TPSA) is 117 Å². The SMILES string of the molecule is CC(C)(c1ccc(Nc2nn(C3(C#N)CCCCC3)c3cc[nH]c(=O)c23)cc1)n1ccnn1. The Balaban J connectivity index is 1.52. The Labute approximate surface area is 191 Å². The lowest BCUT2D eigenvalue weighted by atomic mass is 9.83. The number of aromatic amines is 1. The highest BCUT2D eigenvalue weighted by atomic mass is 16.1. The van der Waals surface area contributed by atoms with E-state index in [4.69, 9.17) is 5.10 Å². The molecule has 0 unspecified atom stereocenters. The van der Waals surface area contributed by atoms with Gasteiger partial charge in [-0.3, -0.25) is 4.79 Å². The molecule has 3 heterocycles. The first kappa shape index (κ1) is 20.9. The Hall–Kier alpha value is -3.93. The Morgan fingerprint density at radius 1 is 1.15 bits per heavy atom. The van der Waals surface area contributed by atoms with Gasteiger partial charge < -0.3 is 10.3 Å². The maximum absolute atomic E-state index is 12.7. The number of pyridine rings is 1. The first-order chi connectivity index (χ1) is 15.9. The third-order valence-electron chi connectivity index (χ3n) is 6.75. The van der Waals surface area contributed by atoms with Crippen molar-refractivity contribution < 1.29 is 0 Å². The Morgan fingerprint density at radius 2 is 1.91 bits per heavy atom. The van der Waals surface area contributed by atoms with Gasteiger partial charge in [0.15, 0.2) is 5.82 Å². The summed E-state index contributed by atoms with van der Waals surface area (Å²) in [5.41, 5.74) is 1.23. The van der Waals surface area contributed by atoms with Gasteiger partial charge in [-0.15, -0.1) is 5.10 Å². The minimum atomic E-state index is -0.726. The van der Waals surface area contributed by atoms with Gasteiger partial charge in [-0.25, -0.2) is 9.36 Å². The van der Waals surface area contributed by atoms with Crippen LogP contribution in [0.3, 0.4) is 0 Å². The predicted molar refractivity (Wildman–Crippen MR) is 125 cm³/mol. The smallest absolute Gasteiger partial charge is 0.261 e. The summed E-state index contributed by atoms with van der Waals surface area (Å²) in [6.45, 7) is 4.15. The fraction of sp³-hybridized carbons (Fsp3) is 0.375. The summed E-state index contributed by atoms with van der Waals surface area (Å²) in [4.78, 5) is 15.5. The van der Waals surface area contributed by atoms with Crippen LogP contribution < -0.4 is 10.9 Å². The molecule has 1 aliphatic carbocycles. The van der Waals surface area contributed by atoms with Gasteiger partial charge in [0.1, 0.15) is 10.9 Å². The third kappa shape index (κ3) is 3.48. The molecular weight excluding hydrogens is 416 g/mol. The summed E-state index contributed by atoms with van der Waals surface area (Å²) in [7, 11) is 0. The lowest BCUT2D eigenvalue weighted by Crippen LogP contribution is -2.35. The number of anilines is 2. The molecule has 1 aliphatic rings. The highest BCUT2D eigenvalue weighted by Gasteiger charge is 2.37. The molecule has 0 saturated heterocycles. The van der Waals surface area contributed by atoms with E-state index < -0.39 is 5.54 Å². The molecule has 1 saturated carbocycles. The summed E-state index contributed by atoms with van der Waals surface area (Å²) >= 11 is 0. The van der Waals surface area contributed by atoms with Crippen molar-refractivity contribution >= 4 is 22.4 Å². The van der Waals surface area contributed by atoms with Crippen molar-refractivity contribution in [1.29, 1.82) is 5.26 Å². The van der Waals surface area contributed by atoms with Crippen LogP contribution in [0.4, 0.5) is 11.5 Å². The number of nitrogens with zero attached hydrogens (tertiary/aromatic N) is 6. The normalized spacial score (nSPS) is 15.9. The predicted octanol–water partition coefficient (Wildman–Crippen LogP) is 4.03. The van der Waals surface area contributed by atoms with Crippen molar-refractivity contribution in [3.05, 3.63) is 64.8 Å². The molecule has 3 aromatic heterocycles. The third-order valence-corrected chi connectivity index (χ3v) is 6.75. The van der Waals surface area contributed by atoms with Crippen LogP contribution in [-0.4, -0.2) is 29.8 Å². The molecule has 2 N–H and O–H groups in total. The second kappa shape index (κ2) is 7.89. The maximum Gasteiger partial charge on any atom is 0.261 e. The van der Waals surface area contributed by atoms with Gasteiger partial charge in [0.25, 0.3) is 5.56 Å². The molecule has 1 fully saturated rings. The van der Waals surface area contributed by atoms with Crippen molar-refractivity contribution in [2.45, 2.75) is 57.0 Å². The highest BCUT2D eigenvalue weighted by Crippen LogP contribution is 2.37. The second-order valence-electron chi connectivity index (χ2n) is 9.14. The van der Waals surface area contributed by atoms with Gasteiger partial charge >= 0.3 is 0 Å². The molecule has 33 heavy (non-hydrogen) atoms. The molecule has 0 atom stereocenters. The van der Waals surface area contributed by atoms with E-state index in [0.29, 0.717) is 16.7 Å². The van der Waals surface area contributed by atoms with E-state index in [1.54, 1.807) is 17.1 Å². The maximum atomic E-state index is 12.7. The van der Waals surface area contributed by atoms with Crippen LogP contribution in [0.5, 0.6) is 0 Å². The number of nitrogens with one attached hydrogen (secondary N) is 2. The van der Waals surface area contributed by atoms with Crippen LogP contribution in [0.2, 0.25) is 0 Å². The number of fused-ring (bicyclic) bond motifs is 1. The van der Waals surface area contributed by atoms with Gasteiger partial charge in [-0.1, -0.05) is 23.8 Å². The number of hydrogen-bond donors (Lipinski definition) is 2. The number of nitriles is 1. The van der Waals surface area contributed by atoms with Crippen LogP contribution in [-0.2, 0) is 11.1 Å². The average molecular weight is 443 g/mol. The van der Waals surface area contributed by atoms with E-state index >= 15 is 0 Å². The van der Waals surface area contributed by atoms with Crippen LogP contribution >= 0.6 is 0 Å². The lowest BCUT2D eigenvalue weighted by Gasteiger charge is -2.31. The minimum Gasteiger partial charge on any atom is -0.338 e. The lowest BCUT2D eigenvalue weighted by molar-refractivity contribution is 0.252. The fourth-order valence-corrected chi connectivity index (χ4v) is 4.74. The molecule has 1 aromatic carbocycles. The van der Waals surface area contributed by atoms with E-state index in [9.17, 15) is 10.1 Å². The van der Waals surface area contributed by atoms with E-state index in [-0.39, 0.29) is 11.1 Å². The standard InChI is InChI=1S/C24H26N8O/c1-23(2,31-15-14-27-30-31)17-6-8-18(9-7-17)28-21-20-19(10-13-26-22(20)33)32(29-21)24(16-25)11-4-3-5-12-24/h6-10,13-15H,3-5,11-12H2,1-2H3,(H,26,33)(H,28,29). The Morgan fingerprint density at radius 3 is 2.58 bits per heavy atom. The van der Waals surface area contributed by atoms with Crippen molar-refractivity contribution in [3.8, 4) is 6.07 Å². The first-order valence-electron chi connectivity index (χ1n) is 11.2. The van der Waals surface area contributed by atoms with Crippen molar-refractivity contribution in [3.63, 3.8) is 0 Å². The molecule has 168 valence electrons. The number of benzene rings is 1. The van der Waals surface area contributed by atoms with Crippen LogP contribution in [0.25, 0.3) is 10.9 Å². The van der Waals surface area contributed by atoms with Gasteiger partial charge in [-0.05, 0) is 63.3 Å². The summed E-state index contributed by atoms with van der Waals surface area (Å²) in [5.74, 6) is 0.454. The largest absolute Gasteiger partial charge is 0.338 e. The van der Waals surface area contributed by atoms with Crippen LogP contribution in [0.15, 0.2) is 53.7 Å². The summed E-state index contributed by atoms with van der Waals surface area (Å²) < 4.78 is 3.58. The molecule has 0 amide bonds. The fourth-order valence-electron chi connectivity index (χ4n) is 4.74. The molecule has 4 aromatic rings. The molecule has 0 bridgehead atoms. The van der Waals surface area contributed by atoms with Gasteiger partial charge in [0.2, 0.25) is 0 Å². The highest BCUT2D eigenvalue weighted by molar-refractivity contribution is 5.91. The summed E-state index contributed by atoms with van der Waals surface area (Å²) in [6, 6.07) is 12.3. The van der Waals surface area contributed by atoms with Gasteiger partial charge in [0, 0.05) is 18.1 Å². The van der Waals surface area contributed by atoms with Crippen LogP contribution in [0, 0.1) is 11.3 Å². The molecule has 9 nitrogen and oxygen atoms in total. The van der Waals surface area contributed by atoms with E-state index in [0.717, 1.165) is 43.4 Å². The number of aromatic nitrogens is 6. The second-order valence-corrected chi connectivity index (χ2v) is 9.14. The zero-order chi connectivity index (χ0) is 23.1. The minimum absolute atomic E-state index is 0.228. The van der Waals surface area contributed by atoms with Crippen molar-refractivity contribution in [2.75, 3.05) is 5.32 Å². The monoisotopic (exact) mass is 442 g/mol. The molecule has 0 radical (unpaired) electrons. The average Bonchev–Trinajstić information content (AvgIpc) is 3.50. The molecule has 0 aliphatic heterocycles. The molecule has 5 rings (SSSR count). The number of H-pyrrole nitrogens is 1.